The van der Waals surface area contributed by atoms with Gasteiger partial charge in [-0.15, -0.1) is 13.2 Å². The van der Waals surface area contributed by atoms with Crippen molar-refractivity contribution < 1.29 is 54.5 Å². The van der Waals surface area contributed by atoms with Gasteiger partial charge in [0.05, 0.1) is 12.2 Å². The lowest BCUT2D eigenvalue weighted by atomic mass is 10.1. The van der Waals surface area contributed by atoms with Gasteiger partial charge in [-0.25, -0.2) is 4.39 Å². The van der Waals surface area contributed by atoms with Crippen LogP contribution in [0.25, 0.3) is 0 Å². The smallest absolute Gasteiger partial charge is 0.490 e. The van der Waals surface area contributed by atoms with E-state index in [0.717, 1.165) is 62.6 Å². The second kappa shape index (κ2) is 19.0. The molecule has 0 aliphatic carbocycles. The van der Waals surface area contributed by atoms with Gasteiger partial charge < -0.3 is 25.3 Å². The number of rotatable bonds is 20. The lowest BCUT2D eigenvalue weighted by molar-refractivity contribution is -0.274. The molecule has 0 fully saturated rings. The van der Waals surface area contributed by atoms with Crippen LogP contribution >= 0.6 is 0 Å². The molecule has 0 spiro atoms. The van der Waals surface area contributed by atoms with E-state index in [4.69, 9.17) is 15.2 Å². The van der Waals surface area contributed by atoms with Crippen LogP contribution in [0.5, 0.6) is 23.0 Å². The van der Waals surface area contributed by atoms with E-state index in [1.807, 2.05) is 0 Å². The number of carbonyl (C=O) groups is 2. The summed E-state index contributed by atoms with van der Waals surface area (Å²) >= 11 is 0. The maximum atomic E-state index is 15.2. The zero-order valence-corrected chi connectivity index (χ0v) is 27.5. The summed E-state index contributed by atoms with van der Waals surface area (Å²) in [5.74, 6) is -6.22. The highest BCUT2D eigenvalue weighted by molar-refractivity contribution is 6.07. The molecule has 0 aliphatic rings. The van der Waals surface area contributed by atoms with Crippen molar-refractivity contribution in [3.63, 3.8) is 0 Å². The maximum absolute atomic E-state index is 15.2. The zero-order chi connectivity index (χ0) is 36.7. The van der Waals surface area contributed by atoms with Crippen LogP contribution in [0.2, 0.25) is 0 Å². The Bertz CT molecular complexity index is 1560. The number of benzene rings is 2. The predicted molar refractivity (Wildman–Crippen MR) is 172 cm³/mol. The highest BCUT2D eigenvalue weighted by Gasteiger charge is 2.35. The molecule has 50 heavy (non-hydrogen) atoms. The molecule has 1 aromatic heterocycles. The fraction of sp³-hybridized carbons (Fsp3) is 0.457. The number of hydrogen-bond donors (Lipinski definition) is 2. The first-order valence-electron chi connectivity index (χ1n) is 16.4. The number of primary amides is 1. The molecule has 3 rings (SSSR count). The Morgan fingerprint density at radius 3 is 1.98 bits per heavy atom. The molecule has 1 heterocycles. The molecular weight excluding hydrogens is 675 g/mol. The minimum Gasteiger partial charge on any atom is -0.490 e. The first kappa shape index (κ1) is 39.9. The number of nitrogens with two attached hydrogens (primary N) is 1. The molecule has 0 saturated carbocycles. The number of unbranched alkanes of at least 4 members (excludes halogenated alkanes) is 11. The highest BCUT2D eigenvalue weighted by Crippen LogP contribution is 2.41. The van der Waals surface area contributed by atoms with Gasteiger partial charge in [-0.05, 0) is 42.8 Å². The number of alkyl halides is 6. The van der Waals surface area contributed by atoms with Crippen molar-refractivity contribution in [2.45, 2.75) is 96.5 Å². The Morgan fingerprint density at radius 2 is 1.40 bits per heavy atom. The monoisotopic (exact) mass is 715 g/mol. The Kier molecular flexibility index (Phi) is 15.2. The van der Waals surface area contributed by atoms with E-state index in [-0.39, 0.29) is 29.8 Å². The number of aromatic nitrogens is 1. The summed E-state index contributed by atoms with van der Waals surface area (Å²) in [6, 6.07) is 5.32. The van der Waals surface area contributed by atoms with E-state index in [0.29, 0.717) is 12.5 Å². The standard InChI is InChI=1S/C35H40F7N3O5/c1-2-3-4-5-6-7-8-9-10-11-12-13-18-48-29-22-25(50-35(40,41)42)14-15-28(29)49-30-20-23(34(37,38)39)19-26(36)31(30)33(47)45-24-16-17-44-27(21-24)32(43)46/h14-17,19-22H,2-13,18H2,1H3,(H2,43,46)(H,44,45,47). The molecule has 0 aliphatic heterocycles. The topological polar surface area (TPSA) is 113 Å². The quantitative estimate of drug-likeness (QED) is 0.0890. The molecule has 0 saturated heterocycles. The van der Waals surface area contributed by atoms with Crippen molar-refractivity contribution >= 4 is 17.5 Å². The van der Waals surface area contributed by atoms with Crippen LogP contribution in [0.1, 0.15) is 110 Å². The number of nitrogens with one attached hydrogen (secondary N) is 1. The van der Waals surface area contributed by atoms with Crippen LogP contribution in [0.4, 0.5) is 36.4 Å². The number of halogens is 7. The molecule has 2 amide bonds. The van der Waals surface area contributed by atoms with Crippen LogP contribution < -0.4 is 25.3 Å². The van der Waals surface area contributed by atoms with Gasteiger partial charge in [0.15, 0.2) is 11.5 Å². The summed E-state index contributed by atoms with van der Waals surface area (Å²) in [6.45, 7) is 2.19. The second-order valence-electron chi connectivity index (χ2n) is 11.6. The average molecular weight is 716 g/mol. The van der Waals surface area contributed by atoms with Gasteiger partial charge in [-0.3, -0.25) is 14.6 Å². The third-order valence-electron chi connectivity index (χ3n) is 7.50. The van der Waals surface area contributed by atoms with E-state index in [1.54, 1.807) is 0 Å². The molecule has 274 valence electrons. The van der Waals surface area contributed by atoms with E-state index in [9.17, 15) is 35.9 Å². The molecule has 0 atom stereocenters. The van der Waals surface area contributed by atoms with Crippen LogP contribution in [0.15, 0.2) is 48.7 Å². The number of hydrogen-bond acceptors (Lipinski definition) is 6. The molecule has 8 nitrogen and oxygen atoms in total. The highest BCUT2D eigenvalue weighted by atomic mass is 19.4. The first-order valence-corrected chi connectivity index (χ1v) is 16.4. The maximum Gasteiger partial charge on any atom is 0.573 e. The molecule has 0 bridgehead atoms. The summed E-state index contributed by atoms with van der Waals surface area (Å²) < 4.78 is 110. The van der Waals surface area contributed by atoms with Crippen molar-refractivity contribution in [3.05, 3.63) is 71.3 Å². The SMILES string of the molecule is CCCCCCCCCCCCCCOc1cc(OC(F)(F)F)ccc1Oc1cc(C(F)(F)F)cc(F)c1C(=O)Nc1ccnc(C(N)=O)c1. The van der Waals surface area contributed by atoms with E-state index in [1.165, 1.54) is 44.6 Å². The summed E-state index contributed by atoms with van der Waals surface area (Å²) in [4.78, 5) is 28.3. The molecule has 3 aromatic rings. The molecule has 2 aromatic carbocycles. The van der Waals surface area contributed by atoms with Crippen LogP contribution in [-0.4, -0.2) is 29.8 Å². The lowest BCUT2D eigenvalue weighted by Gasteiger charge is -2.18. The largest absolute Gasteiger partial charge is 0.573 e. The number of ether oxygens (including phenoxy) is 3. The fourth-order valence-corrected chi connectivity index (χ4v) is 5.01. The normalized spacial score (nSPS) is 11.7. The van der Waals surface area contributed by atoms with Gasteiger partial charge in [-0.1, -0.05) is 77.6 Å². The number of pyridine rings is 1. The zero-order valence-electron chi connectivity index (χ0n) is 27.5. The lowest BCUT2D eigenvalue weighted by Crippen LogP contribution is -2.18. The van der Waals surface area contributed by atoms with Gasteiger partial charge in [0, 0.05) is 18.0 Å². The third kappa shape index (κ3) is 13.4. The fourth-order valence-electron chi connectivity index (χ4n) is 5.01. The third-order valence-corrected chi connectivity index (χ3v) is 7.50. The number of carbonyl (C=O) groups excluding carboxylic acids is 2. The van der Waals surface area contributed by atoms with Gasteiger partial charge in [0.25, 0.3) is 11.8 Å². The average Bonchev–Trinajstić information content (AvgIpc) is 3.03. The van der Waals surface area contributed by atoms with Crippen LogP contribution in [0, 0.1) is 5.82 Å². The van der Waals surface area contributed by atoms with Crippen LogP contribution in [-0.2, 0) is 6.18 Å². The van der Waals surface area contributed by atoms with Crippen molar-refractivity contribution in [1.82, 2.24) is 4.98 Å². The molecule has 0 unspecified atom stereocenters. The number of amides is 2. The molecule has 0 radical (unpaired) electrons. The molecule has 3 N–H and O–H groups in total. The van der Waals surface area contributed by atoms with E-state index < -0.39 is 58.5 Å². The van der Waals surface area contributed by atoms with Crippen molar-refractivity contribution in [2.24, 2.45) is 5.73 Å². The Morgan fingerprint density at radius 1 is 0.780 bits per heavy atom. The van der Waals surface area contributed by atoms with E-state index >= 15 is 4.39 Å². The Labute approximate surface area is 285 Å². The molecule has 15 heteroatoms. The Hall–Kier alpha value is -4.56. The predicted octanol–water partition coefficient (Wildman–Crippen LogP) is 10.4. The summed E-state index contributed by atoms with van der Waals surface area (Å²) in [5.41, 5.74) is 2.36. The van der Waals surface area contributed by atoms with E-state index in [2.05, 4.69) is 22.0 Å². The summed E-state index contributed by atoms with van der Waals surface area (Å²) in [6.07, 6.45) is 3.75. The van der Waals surface area contributed by atoms with Crippen molar-refractivity contribution in [1.29, 1.82) is 0 Å². The minimum atomic E-state index is -5.06. The minimum absolute atomic E-state index is 0.0117. The van der Waals surface area contributed by atoms with Gasteiger partial charge in [0.1, 0.15) is 28.6 Å². The summed E-state index contributed by atoms with van der Waals surface area (Å²) in [7, 11) is 0. The first-order chi connectivity index (χ1) is 23.7. The summed E-state index contributed by atoms with van der Waals surface area (Å²) in [5, 5.41) is 2.24. The number of nitrogens with zero attached hydrogens (tertiary/aromatic N) is 1. The molecular formula is C35H40F7N3O5. The number of anilines is 1. The Balaban J connectivity index is 1.78. The van der Waals surface area contributed by atoms with Crippen LogP contribution in [0.3, 0.4) is 0 Å². The van der Waals surface area contributed by atoms with Crippen molar-refractivity contribution in [2.75, 3.05) is 11.9 Å². The van der Waals surface area contributed by atoms with Gasteiger partial charge in [-0.2, -0.15) is 13.2 Å². The van der Waals surface area contributed by atoms with Crippen molar-refractivity contribution in [3.8, 4) is 23.0 Å². The van der Waals surface area contributed by atoms with Gasteiger partial charge in [0.2, 0.25) is 0 Å². The van der Waals surface area contributed by atoms with Gasteiger partial charge >= 0.3 is 12.5 Å². The second-order valence-corrected chi connectivity index (χ2v) is 11.6.